The Kier molecular flexibility index (Phi) is 3.91. The van der Waals surface area contributed by atoms with Crippen molar-refractivity contribution in [2.45, 2.75) is 57.9 Å². The summed E-state index contributed by atoms with van der Waals surface area (Å²) >= 11 is 0. The van der Waals surface area contributed by atoms with Gasteiger partial charge in [-0.05, 0) is 43.6 Å². The first-order chi connectivity index (χ1) is 7.69. The smallest absolute Gasteiger partial charge is 0.0306 e. The zero-order valence-corrected chi connectivity index (χ0v) is 11.0. The molecule has 0 heterocycles. The molecule has 0 aliphatic heterocycles. The molecule has 2 aliphatic carbocycles. The molecule has 3 N–H and O–H groups in total. The quantitative estimate of drug-likeness (QED) is 0.753. The average molecular weight is 224 g/mol. The van der Waals surface area contributed by atoms with Crippen molar-refractivity contribution in [2.75, 3.05) is 13.1 Å². The average Bonchev–Trinajstić information content (AvgIpc) is 3.03. The van der Waals surface area contributed by atoms with Gasteiger partial charge in [0, 0.05) is 12.1 Å². The number of nitrogens with two attached hydrogens (primary N) is 1. The Balaban J connectivity index is 1.84. The van der Waals surface area contributed by atoms with Crippen molar-refractivity contribution >= 4 is 0 Å². The topological polar surface area (TPSA) is 38.0 Å². The SMILES string of the molecule is CCC1CCCC(CN)(NCC2CC2C)C1. The highest BCUT2D eigenvalue weighted by atomic mass is 15.0. The fourth-order valence-electron chi connectivity index (χ4n) is 3.28. The van der Waals surface area contributed by atoms with E-state index in [2.05, 4.69) is 19.2 Å². The van der Waals surface area contributed by atoms with Crippen LogP contribution in [0.2, 0.25) is 0 Å². The van der Waals surface area contributed by atoms with Crippen LogP contribution in [0.5, 0.6) is 0 Å². The summed E-state index contributed by atoms with van der Waals surface area (Å²) in [4.78, 5) is 0. The van der Waals surface area contributed by atoms with Crippen LogP contribution in [0.15, 0.2) is 0 Å². The van der Waals surface area contributed by atoms with Gasteiger partial charge in [-0.15, -0.1) is 0 Å². The van der Waals surface area contributed by atoms with Crippen molar-refractivity contribution in [2.24, 2.45) is 23.5 Å². The fourth-order valence-corrected chi connectivity index (χ4v) is 3.28. The zero-order chi connectivity index (χ0) is 11.6. The van der Waals surface area contributed by atoms with Gasteiger partial charge in [0.1, 0.15) is 0 Å². The molecule has 0 radical (unpaired) electrons. The Labute approximate surface area is 100 Å². The van der Waals surface area contributed by atoms with Crippen molar-refractivity contribution in [1.29, 1.82) is 0 Å². The highest BCUT2D eigenvalue weighted by molar-refractivity contribution is 4.96. The largest absolute Gasteiger partial charge is 0.329 e. The molecule has 2 fully saturated rings. The van der Waals surface area contributed by atoms with Crippen LogP contribution in [0.4, 0.5) is 0 Å². The molecular weight excluding hydrogens is 196 g/mol. The molecule has 0 spiro atoms. The van der Waals surface area contributed by atoms with Gasteiger partial charge in [0.15, 0.2) is 0 Å². The van der Waals surface area contributed by atoms with E-state index in [9.17, 15) is 0 Å². The van der Waals surface area contributed by atoms with Crippen LogP contribution in [-0.4, -0.2) is 18.6 Å². The van der Waals surface area contributed by atoms with Crippen LogP contribution >= 0.6 is 0 Å². The van der Waals surface area contributed by atoms with Crippen molar-refractivity contribution in [1.82, 2.24) is 5.32 Å². The van der Waals surface area contributed by atoms with Gasteiger partial charge in [-0.2, -0.15) is 0 Å². The standard InChI is InChI=1S/C14H28N2/c1-3-12-5-4-6-14(8-12,10-15)16-9-13-7-11(13)2/h11-13,16H,3-10,15H2,1-2H3. The van der Waals surface area contributed by atoms with Crippen molar-refractivity contribution in [3.8, 4) is 0 Å². The lowest BCUT2D eigenvalue weighted by molar-refractivity contribution is 0.179. The molecule has 2 aliphatic rings. The molecule has 0 bridgehead atoms. The molecule has 0 amide bonds. The molecule has 4 atom stereocenters. The zero-order valence-electron chi connectivity index (χ0n) is 11.0. The van der Waals surface area contributed by atoms with Crippen LogP contribution < -0.4 is 11.1 Å². The third-order valence-corrected chi connectivity index (χ3v) is 4.93. The lowest BCUT2D eigenvalue weighted by Crippen LogP contribution is -2.54. The van der Waals surface area contributed by atoms with Crippen molar-refractivity contribution < 1.29 is 0 Å². The van der Waals surface area contributed by atoms with Gasteiger partial charge in [-0.25, -0.2) is 0 Å². The Morgan fingerprint density at radius 3 is 2.75 bits per heavy atom. The number of nitrogens with one attached hydrogen (secondary N) is 1. The minimum Gasteiger partial charge on any atom is -0.329 e. The predicted octanol–water partition coefficient (Wildman–Crippen LogP) is 2.53. The van der Waals surface area contributed by atoms with Gasteiger partial charge in [0.25, 0.3) is 0 Å². The highest BCUT2D eigenvalue weighted by Crippen LogP contribution is 2.39. The van der Waals surface area contributed by atoms with E-state index in [0.29, 0.717) is 0 Å². The van der Waals surface area contributed by atoms with E-state index in [0.717, 1.165) is 24.3 Å². The van der Waals surface area contributed by atoms with E-state index in [1.54, 1.807) is 0 Å². The van der Waals surface area contributed by atoms with E-state index in [1.165, 1.54) is 45.1 Å². The maximum atomic E-state index is 6.03. The summed E-state index contributed by atoms with van der Waals surface area (Å²) in [7, 11) is 0. The second-order valence-electron chi connectivity index (χ2n) is 6.21. The van der Waals surface area contributed by atoms with Gasteiger partial charge < -0.3 is 11.1 Å². The van der Waals surface area contributed by atoms with Gasteiger partial charge >= 0.3 is 0 Å². The molecule has 0 aromatic carbocycles. The Bertz CT molecular complexity index is 229. The van der Waals surface area contributed by atoms with E-state index >= 15 is 0 Å². The van der Waals surface area contributed by atoms with Crippen molar-refractivity contribution in [3.63, 3.8) is 0 Å². The normalized spacial score (nSPS) is 43.3. The summed E-state index contributed by atoms with van der Waals surface area (Å²) < 4.78 is 0. The van der Waals surface area contributed by atoms with E-state index < -0.39 is 0 Å². The first kappa shape index (κ1) is 12.4. The van der Waals surface area contributed by atoms with E-state index in [1.807, 2.05) is 0 Å². The molecule has 94 valence electrons. The van der Waals surface area contributed by atoms with Gasteiger partial charge in [-0.3, -0.25) is 0 Å². The Hall–Kier alpha value is -0.0800. The van der Waals surface area contributed by atoms with Crippen LogP contribution in [-0.2, 0) is 0 Å². The summed E-state index contributed by atoms with van der Waals surface area (Å²) in [5.41, 5.74) is 6.31. The van der Waals surface area contributed by atoms with E-state index in [4.69, 9.17) is 5.73 Å². The lowest BCUT2D eigenvalue weighted by Gasteiger charge is -2.41. The summed E-state index contributed by atoms with van der Waals surface area (Å²) in [6.45, 7) is 6.71. The van der Waals surface area contributed by atoms with E-state index in [-0.39, 0.29) is 5.54 Å². The summed E-state index contributed by atoms with van der Waals surface area (Å²) in [5, 5.41) is 3.82. The van der Waals surface area contributed by atoms with Crippen LogP contribution in [0, 0.1) is 17.8 Å². The first-order valence-corrected chi connectivity index (χ1v) is 7.14. The molecule has 2 saturated carbocycles. The van der Waals surface area contributed by atoms with Crippen molar-refractivity contribution in [3.05, 3.63) is 0 Å². The summed E-state index contributed by atoms with van der Waals surface area (Å²) in [6, 6.07) is 0. The van der Waals surface area contributed by atoms with Crippen LogP contribution in [0.1, 0.15) is 52.4 Å². The molecule has 0 saturated heterocycles. The molecule has 0 aromatic rings. The lowest BCUT2D eigenvalue weighted by atomic mass is 9.74. The summed E-state index contributed by atoms with van der Waals surface area (Å²) in [6.07, 6.45) is 8.12. The molecule has 2 heteroatoms. The highest BCUT2D eigenvalue weighted by Gasteiger charge is 2.38. The molecule has 2 nitrogen and oxygen atoms in total. The fraction of sp³-hybridized carbons (Fsp3) is 1.00. The number of hydrogen-bond acceptors (Lipinski definition) is 2. The monoisotopic (exact) mass is 224 g/mol. The van der Waals surface area contributed by atoms with Crippen LogP contribution in [0.3, 0.4) is 0 Å². The van der Waals surface area contributed by atoms with Crippen LogP contribution in [0.25, 0.3) is 0 Å². The summed E-state index contributed by atoms with van der Waals surface area (Å²) in [5.74, 6) is 2.79. The maximum absolute atomic E-state index is 6.03. The second kappa shape index (κ2) is 5.05. The molecule has 4 unspecified atom stereocenters. The molecule has 2 rings (SSSR count). The van der Waals surface area contributed by atoms with Gasteiger partial charge in [-0.1, -0.05) is 33.1 Å². The van der Waals surface area contributed by atoms with Gasteiger partial charge in [0.2, 0.25) is 0 Å². The second-order valence-corrected chi connectivity index (χ2v) is 6.21. The Morgan fingerprint density at radius 2 is 2.19 bits per heavy atom. The first-order valence-electron chi connectivity index (χ1n) is 7.14. The number of rotatable bonds is 5. The number of hydrogen-bond donors (Lipinski definition) is 2. The Morgan fingerprint density at radius 1 is 1.44 bits per heavy atom. The third kappa shape index (κ3) is 2.78. The van der Waals surface area contributed by atoms with Gasteiger partial charge in [0.05, 0.1) is 0 Å². The maximum Gasteiger partial charge on any atom is 0.0306 e. The predicted molar refractivity (Wildman–Crippen MR) is 69.3 cm³/mol. The molecular formula is C14H28N2. The third-order valence-electron chi connectivity index (χ3n) is 4.93. The molecule has 16 heavy (non-hydrogen) atoms. The minimum atomic E-state index is 0.279. The minimum absolute atomic E-state index is 0.279. The molecule has 0 aromatic heterocycles.